The molecule has 0 heterocycles. The van der Waals surface area contributed by atoms with Gasteiger partial charge in [0.25, 0.3) is 0 Å². The molecule has 0 spiro atoms. The molecule has 0 aromatic heterocycles. The third-order valence-corrected chi connectivity index (χ3v) is 3.48. The number of halogens is 1. The molecule has 0 bridgehead atoms. The number of rotatable bonds is 6. The molecule has 0 atom stereocenters. The van der Waals surface area contributed by atoms with Gasteiger partial charge in [-0.1, -0.05) is 24.9 Å². The third kappa shape index (κ3) is 3.39. The standard InChI is InChI=1S/C14H20ClNO2/c1-4-6-7-16(5-2)12-9-11(14(17)18)8-10(3)13(12)15/h8-9H,4-7H2,1-3H3,(H,17,18). The van der Waals surface area contributed by atoms with Gasteiger partial charge >= 0.3 is 5.97 Å². The van der Waals surface area contributed by atoms with Gasteiger partial charge in [0.15, 0.2) is 0 Å². The van der Waals surface area contributed by atoms with E-state index in [2.05, 4.69) is 18.7 Å². The van der Waals surface area contributed by atoms with Gasteiger partial charge in [-0.2, -0.15) is 0 Å². The number of aryl methyl sites for hydroxylation is 1. The number of aromatic carboxylic acids is 1. The fraction of sp³-hybridized carbons (Fsp3) is 0.500. The summed E-state index contributed by atoms with van der Waals surface area (Å²) in [6, 6.07) is 3.28. The smallest absolute Gasteiger partial charge is 0.335 e. The number of nitrogens with zero attached hydrogens (tertiary/aromatic N) is 1. The van der Waals surface area contributed by atoms with Crippen LogP contribution in [-0.2, 0) is 0 Å². The van der Waals surface area contributed by atoms with E-state index < -0.39 is 5.97 Å². The molecule has 0 saturated heterocycles. The maximum Gasteiger partial charge on any atom is 0.335 e. The minimum Gasteiger partial charge on any atom is -0.478 e. The van der Waals surface area contributed by atoms with E-state index in [0.29, 0.717) is 10.6 Å². The number of hydrogen-bond acceptors (Lipinski definition) is 2. The van der Waals surface area contributed by atoms with Gasteiger partial charge in [-0.05, 0) is 38.0 Å². The predicted molar refractivity (Wildman–Crippen MR) is 75.9 cm³/mol. The molecular formula is C14H20ClNO2. The van der Waals surface area contributed by atoms with Crippen LogP contribution in [0.2, 0.25) is 5.02 Å². The Morgan fingerprint density at radius 3 is 2.56 bits per heavy atom. The average molecular weight is 270 g/mol. The fourth-order valence-corrected chi connectivity index (χ4v) is 2.13. The molecule has 0 aliphatic rings. The summed E-state index contributed by atoms with van der Waals surface area (Å²) in [5.41, 5.74) is 1.92. The zero-order valence-electron chi connectivity index (χ0n) is 11.2. The first-order valence-corrected chi connectivity index (χ1v) is 6.67. The van der Waals surface area contributed by atoms with Gasteiger partial charge < -0.3 is 10.0 Å². The van der Waals surface area contributed by atoms with Crippen molar-refractivity contribution in [2.45, 2.75) is 33.6 Å². The molecule has 18 heavy (non-hydrogen) atoms. The highest BCUT2D eigenvalue weighted by atomic mass is 35.5. The summed E-state index contributed by atoms with van der Waals surface area (Å²) in [5.74, 6) is -0.914. The van der Waals surface area contributed by atoms with E-state index in [4.69, 9.17) is 16.7 Å². The van der Waals surface area contributed by atoms with Crippen molar-refractivity contribution in [2.75, 3.05) is 18.0 Å². The van der Waals surface area contributed by atoms with E-state index >= 15 is 0 Å². The van der Waals surface area contributed by atoms with Gasteiger partial charge in [-0.25, -0.2) is 4.79 Å². The maximum absolute atomic E-state index is 11.1. The molecule has 1 rings (SSSR count). The first-order valence-electron chi connectivity index (χ1n) is 6.29. The van der Waals surface area contributed by atoms with Crippen molar-refractivity contribution in [1.82, 2.24) is 0 Å². The van der Waals surface area contributed by atoms with Crippen LogP contribution in [0.5, 0.6) is 0 Å². The third-order valence-electron chi connectivity index (χ3n) is 2.99. The summed E-state index contributed by atoms with van der Waals surface area (Å²) in [5, 5.41) is 9.74. The largest absolute Gasteiger partial charge is 0.478 e. The van der Waals surface area contributed by atoms with Crippen molar-refractivity contribution in [2.24, 2.45) is 0 Å². The van der Waals surface area contributed by atoms with Crippen LogP contribution in [0.25, 0.3) is 0 Å². The van der Waals surface area contributed by atoms with Crippen LogP contribution in [0, 0.1) is 6.92 Å². The molecule has 0 fully saturated rings. The molecule has 0 aliphatic carbocycles. The molecule has 0 radical (unpaired) electrons. The fourth-order valence-electron chi connectivity index (χ4n) is 1.90. The average Bonchev–Trinajstić information content (AvgIpc) is 2.34. The van der Waals surface area contributed by atoms with Gasteiger partial charge in [0.05, 0.1) is 16.3 Å². The SMILES string of the molecule is CCCCN(CC)c1cc(C(=O)O)cc(C)c1Cl. The number of carboxylic acids is 1. The summed E-state index contributed by atoms with van der Waals surface area (Å²) in [4.78, 5) is 13.2. The number of anilines is 1. The summed E-state index contributed by atoms with van der Waals surface area (Å²) in [7, 11) is 0. The minimum atomic E-state index is -0.914. The Morgan fingerprint density at radius 2 is 2.06 bits per heavy atom. The van der Waals surface area contributed by atoms with E-state index in [-0.39, 0.29) is 0 Å². The molecule has 1 aromatic carbocycles. The van der Waals surface area contributed by atoms with Crippen LogP contribution in [0.1, 0.15) is 42.6 Å². The molecule has 0 amide bonds. The van der Waals surface area contributed by atoms with Crippen molar-refractivity contribution in [1.29, 1.82) is 0 Å². The molecule has 4 heteroatoms. The normalized spacial score (nSPS) is 10.4. The van der Waals surface area contributed by atoms with Crippen LogP contribution < -0.4 is 4.90 Å². The number of benzene rings is 1. The Hall–Kier alpha value is -1.22. The quantitative estimate of drug-likeness (QED) is 0.849. The molecular weight excluding hydrogens is 250 g/mol. The first kappa shape index (κ1) is 14.8. The minimum absolute atomic E-state index is 0.293. The van der Waals surface area contributed by atoms with Gasteiger partial charge in [-0.3, -0.25) is 0 Å². The first-order chi connectivity index (χ1) is 8.51. The van der Waals surface area contributed by atoms with Crippen molar-refractivity contribution < 1.29 is 9.90 Å². The van der Waals surface area contributed by atoms with Crippen molar-refractivity contribution in [3.8, 4) is 0 Å². The van der Waals surface area contributed by atoms with Crippen LogP contribution in [0.3, 0.4) is 0 Å². The molecule has 0 unspecified atom stereocenters. The lowest BCUT2D eigenvalue weighted by atomic mass is 10.1. The molecule has 1 aromatic rings. The monoisotopic (exact) mass is 269 g/mol. The summed E-state index contributed by atoms with van der Waals surface area (Å²) >= 11 is 6.29. The lowest BCUT2D eigenvalue weighted by Crippen LogP contribution is -2.24. The van der Waals surface area contributed by atoms with E-state index in [1.54, 1.807) is 12.1 Å². The van der Waals surface area contributed by atoms with E-state index in [1.165, 1.54) is 0 Å². The molecule has 1 N–H and O–H groups in total. The number of carbonyl (C=O) groups is 1. The molecule has 3 nitrogen and oxygen atoms in total. The molecule has 0 aliphatic heterocycles. The van der Waals surface area contributed by atoms with Crippen molar-refractivity contribution >= 4 is 23.3 Å². The van der Waals surface area contributed by atoms with Gasteiger partial charge in [-0.15, -0.1) is 0 Å². The van der Waals surface area contributed by atoms with E-state index in [1.807, 2.05) is 6.92 Å². The summed E-state index contributed by atoms with van der Waals surface area (Å²) < 4.78 is 0. The molecule has 100 valence electrons. The summed E-state index contributed by atoms with van der Waals surface area (Å²) in [6.45, 7) is 7.74. The number of hydrogen-bond donors (Lipinski definition) is 1. The zero-order valence-corrected chi connectivity index (χ0v) is 11.9. The van der Waals surface area contributed by atoms with Crippen LogP contribution in [0.15, 0.2) is 12.1 Å². The number of unbranched alkanes of at least 4 members (excludes halogenated alkanes) is 1. The second-order valence-electron chi connectivity index (χ2n) is 4.36. The topological polar surface area (TPSA) is 40.5 Å². The highest BCUT2D eigenvalue weighted by molar-refractivity contribution is 6.34. The Morgan fingerprint density at radius 1 is 1.39 bits per heavy atom. The van der Waals surface area contributed by atoms with Crippen LogP contribution >= 0.6 is 11.6 Å². The lowest BCUT2D eigenvalue weighted by Gasteiger charge is -2.25. The van der Waals surface area contributed by atoms with E-state index in [0.717, 1.165) is 37.2 Å². The Balaban J connectivity index is 3.15. The Labute approximate surface area is 113 Å². The maximum atomic E-state index is 11.1. The zero-order chi connectivity index (χ0) is 13.7. The van der Waals surface area contributed by atoms with Gasteiger partial charge in [0, 0.05) is 13.1 Å². The molecule has 0 saturated carbocycles. The Kier molecular flexibility index (Phi) is 5.48. The second-order valence-corrected chi connectivity index (χ2v) is 4.74. The number of carboxylic acid groups (broad SMARTS) is 1. The van der Waals surface area contributed by atoms with Crippen molar-refractivity contribution in [3.63, 3.8) is 0 Å². The Bertz CT molecular complexity index is 432. The second kappa shape index (κ2) is 6.64. The predicted octanol–water partition coefficient (Wildman–Crippen LogP) is 3.97. The van der Waals surface area contributed by atoms with Gasteiger partial charge in [0.2, 0.25) is 0 Å². The van der Waals surface area contributed by atoms with Gasteiger partial charge in [0.1, 0.15) is 0 Å². The van der Waals surface area contributed by atoms with Crippen LogP contribution in [-0.4, -0.2) is 24.2 Å². The van der Waals surface area contributed by atoms with E-state index in [9.17, 15) is 4.79 Å². The van der Waals surface area contributed by atoms with Crippen molar-refractivity contribution in [3.05, 3.63) is 28.3 Å². The van der Waals surface area contributed by atoms with Crippen LogP contribution in [0.4, 0.5) is 5.69 Å². The summed E-state index contributed by atoms with van der Waals surface area (Å²) in [6.07, 6.45) is 2.17. The lowest BCUT2D eigenvalue weighted by molar-refractivity contribution is 0.0697. The highest BCUT2D eigenvalue weighted by Crippen LogP contribution is 2.31. The highest BCUT2D eigenvalue weighted by Gasteiger charge is 2.14.